The number of rotatable bonds is 4. The molecule has 0 spiro atoms. The minimum atomic E-state index is -4.18. The fourth-order valence-corrected chi connectivity index (χ4v) is 2.53. The Morgan fingerprint density at radius 2 is 1.76 bits per heavy atom. The second-order valence-electron chi connectivity index (χ2n) is 5.20. The lowest BCUT2D eigenvalue weighted by Gasteiger charge is -2.36. The zero-order valence-corrected chi connectivity index (χ0v) is 11.7. The molecule has 0 radical (unpaired) electrons. The molecule has 1 aromatic carbocycles. The van der Waals surface area contributed by atoms with E-state index in [1.807, 2.05) is 6.07 Å². The second-order valence-corrected chi connectivity index (χ2v) is 5.20. The molecule has 1 aliphatic rings. The fraction of sp³-hybridized carbons (Fsp3) is 0.571. The number of hydrogen-bond donors (Lipinski definition) is 1. The Bertz CT molecular complexity index is 468. The van der Waals surface area contributed by atoms with Gasteiger partial charge >= 0.3 is 6.18 Å². The van der Waals surface area contributed by atoms with Gasteiger partial charge in [0.05, 0.1) is 12.2 Å². The highest BCUT2D eigenvalue weighted by atomic mass is 19.4. The van der Waals surface area contributed by atoms with Crippen LogP contribution in [-0.2, 0) is 6.42 Å². The number of hydrogen-bond acceptors (Lipinski definition) is 3. The average Bonchev–Trinajstić information content (AvgIpc) is 2.39. The highest BCUT2D eigenvalue weighted by molar-refractivity contribution is 5.49. The van der Waals surface area contributed by atoms with Crippen LogP contribution in [0.4, 0.5) is 23.2 Å². The van der Waals surface area contributed by atoms with Crippen molar-refractivity contribution >= 4 is 5.69 Å². The summed E-state index contributed by atoms with van der Waals surface area (Å²) < 4.78 is 51.0. The number of nitrogens with two attached hydrogens (primary N) is 1. The van der Waals surface area contributed by atoms with Gasteiger partial charge in [-0.25, -0.2) is 4.39 Å². The van der Waals surface area contributed by atoms with Gasteiger partial charge in [-0.3, -0.25) is 4.90 Å². The molecule has 0 saturated carbocycles. The summed E-state index contributed by atoms with van der Waals surface area (Å²) in [6.07, 6.45) is -3.58. The van der Waals surface area contributed by atoms with Crippen LogP contribution < -0.4 is 10.6 Å². The van der Waals surface area contributed by atoms with Gasteiger partial charge in [-0.2, -0.15) is 13.2 Å². The van der Waals surface area contributed by atoms with Gasteiger partial charge in [-0.1, -0.05) is 6.07 Å². The van der Waals surface area contributed by atoms with Crippen molar-refractivity contribution in [3.05, 3.63) is 29.6 Å². The van der Waals surface area contributed by atoms with Crippen molar-refractivity contribution in [3.8, 4) is 0 Å². The molecule has 0 aromatic heterocycles. The molecule has 0 bridgehead atoms. The predicted octanol–water partition coefficient (Wildman–Crippen LogP) is 2.01. The summed E-state index contributed by atoms with van der Waals surface area (Å²) in [4.78, 5) is 3.13. The van der Waals surface area contributed by atoms with Gasteiger partial charge in [0.15, 0.2) is 0 Å². The van der Waals surface area contributed by atoms with Crippen molar-refractivity contribution in [1.29, 1.82) is 0 Å². The summed E-state index contributed by atoms with van der Waals surface area (Å²) in [5.74, 6) is -0.342. The van der Waals surface area contributed by atoms with Crippen LogP contribution in [0.15, 0.2) is 18.2 Å². The van der Waals surface area contributed by atoms with Gasteiger partial charge < -0.3 is 10.6 Å². The van der Waals surface area contributed by atoms with Crippen LogP contribution in [0.25, 0.3) is 0 Å². The van der Waals surface area contributed by atoms with Gasteiger partial charge in [0.1, 0.15) is 5.82 Å². The predicted molar refractivity (Wildman–Crippen MR) is 73.9 cm³/mol. The average molecular weight is 305 g/mol. The van der Waals surface area contributed by atoms with Crippen LogP contribution in [-0.4, -0.2) is 50.3 Å². The molecule has 2 rings (SSSR count). The van der Waals surface area contributed by atoms with Crippen LogP contribution in [0.3, 0.4) is 0 Å². The van der Waals surface area contributed by atoms with E-state index >= 15 is 0 Å². The highest BCUT2D eigenvalue weighted by Crippen LogP contribution is 2.23. The smallest absolute Gasteiger partial charge is 0.367 e. The minimum absolute atomic E-state index is 0.281. The Kier molecular flexibility index (Phi) is 5.05. The maximum Gasteiger partial charge on any atom is 0.401 e. The summed E-state index contributed by atoms with van der Waals surface area (Å²) in [5, 5.41) is 0. The van der Waals surface area contributed by atoms with Crippen molar-refractivity contribution in [2.45, 2.75) is 12.6 Å². The maximum absolute atomic E-state index is 14.1. The third kappa shape index (κ3) is 4.57. The summed E-state index contributed by atoms with van der Waals surface area (Å²) in [7, 11) is 0. The lowest BCUT2D eigenvalue weighted by Crippen LogP contribution is -2.49. The molecule has 1 aliphatic heterocycles. The molecule has 0 atom stereocenters. The first-order chi connectivity index (χ1) is 9.89. The van der Waals surface area contributed by atoms with E-state index in [4.69, 9.17) is 5.73 Å². The van der Waals surface area contributed by atoms with E-state index in [2.05, 4.69) is 0 Å². The van der Waals surface area contributed by atoms with E-state index in [0.29, 0.717) is 31.7 Å². The number of anilines is 1. The van der Waals surface area contributed by atoms with Gasteiger partial charge in [-0.15, -0.1) is 0 Å². The largest absolute Gasteiger partial charge is 0.401 e. The summed E-state index contributed by atoms with van der Waals surface area (Å²) in [5.41, 5.74) is 6.70. The van der Waals surface area contributed by atoms with Gasteiger partial charge in [0, 0.05) is 26.2 Å². The standard InChI is InChI=1S/C14H19F4N3/c15-12-9-11(3-4-19)1-2-13(12)21-7-5-20(6-8-21)10-14(16,17)18/h1-2,9H,3-8,10,19H2. The molecule has 1 saturated heterocycles. The quantitative estimate of drug-likeness (QED) is 0.864. The summed E-state index contributed by atoms with van der Waals surface area (Å²) >= 11 is 0. The Hall–Kier alpha value is -1.34. The number of benzene rings is 1. The van der Waals surface area contributed by atoms with E-state index in [1.165, 1.54) is 11.0 Å². The molecule has 0 amide bonds. The van der Waals surface area contributed by atoms with Crippen LogP contribution in [0.1, 0.15) is 5.56 Å². The van der Waals surface area contributed by atoms with E-state index in [1.54, 1.807) is 11.0 Å². The molecule has 0 aliphatic carbocycles. The zero-order valence-electron chi connectivity index (χ0n) is 11.7. The van der Waals surface area contributed by atoms with Crippen molar-refractivity contribution in [1.82, 2.24) is 4.90 Å². The van der Waals surface area contributed by atoms with E-state index in [-0.39, 0.29) is 18.9 Å². The van der Waals surface area contributed by atoms with Crippen LogP contribution in [0.5, 0.6) is 0 Å². The molecule has 1 aromatic rings. The van der Waals surface area contributed by atoms with Crippen LogP contribution in [0, 0.1) is 5.82 Å². The molecular weight excluding hydrogens is 286 g/mol. The van der Waals surface area contributed by atoms with Crippen molar-refractivity contribution < 1.29 is 17.6 Å². The van der Waals surface area contributed by atoms with E-state index in [0.717, 1.165) is 5.56 Å². The van der Waals surface area contributed by atoms with Crippen LogP contribution >= 0.6 is 0 Å². The van der Waals surface area contributed by atoms with Crippen molar-refractivity contribution in [3.63, 3.8) is 0 Å². The SMILES string of the molecule is NCCc1ccc(N2CCN(CC(F)(F)F)CC2)c(F)c1. The molecule has 118 valence electrons. The molecule has 21 heavy (non-hydrogen) atoms. The topological polar surface area (TPSA) is 32.5 Å². The number of halogens is 4. The first kappa shape index (κ1) is 16.0. The fourth-order valence-electron chi connectivity index (χ4n) is 2.53. The normalized spacial score (nSPS) is 17.3. The summed E-state index contributed by atoms with van der Waals surface area (Å²) in [6.45, 7) is 0.896. The molecule has 7 heteroatoms. The summed E-state index contributed by atoms with van der Waals surface area (Å²) in [6, 6.07) is 4.94. The Morgan fingerprint density at radius 3 is 2.29 bits per heavy atom. The Labute approximate surface area is 121 Å². The van der Waals surface area contributed by atoms with Gasteiger partial charge in [0.25, 0.3) is 0 Å². The second kappa shape index (κ2) is 6.62. The maximum atomic E-state index is 14.1. The third-order valence-electron chi connectivity index (χ3n) is 3.56. The lowest BCUT2D eigenvalue weighted by atomic mass is 10.1. The molecule has 1 fully saturated rings. The van der Waals surface area contributed by atoms with Gasteiger partial charge in [0.2, 0.25) is 0 Å². The molecule has 1 heterocycles. The Balaban J connectivity index is 1.96. The van der Waals surface area contributed by atoms with Crippen LogP contribution in [0.2, 0.25) is 0 Å². The minimum Gasteiger partial charge on any atom is -0.367 e. The first-order valence-corrected chi connectivity index (χ1v) is 6.91. The molecule has 2 N–H and O–H groups in total. The van der Waals surface area contributed by atoms with Crippen molar-refractivity contribution in [2.24, 2.45) is 5.73 Å². The molecule has 0 unspecified atom stereocenters. The van der Waals surface area contributed by atoms with E-state index < -0.39 is 12.7 Å². The third-order valence-corrected chi connectivity index (χ3v) is 3.56. The number of piperazine rings is 1. The first-order valence-electron chi connectivity index (χ1n) is 6.91. The monoisotopic (exact) mass is 305 g/mol. The van der Waals surface area contributed by atoms with Gasteiger partial charge in [-0.05, 0) is 30.7 Å². The molecule has 3 nitrogen and oxygen atoms in total. The molecular formula is C14H19F4N3. The number of nitrogens with zero attached hydrogens (tertiary/aromatic N) is 2. The van der Waals surface area contributed by atoms with Crippen molar-refractivity contribution in [2.75, 3.05) is 44.2 Å². The Morgan fingerprint density at radius 1 is 1.10 bits per heavy atom. The highest BCUT2D eigenvalue weighted by Gasteiger charge is 2.32. The zero-order chi connectivity index (χ0) is 15.5. The lowest BCUT2D eigenvalue weighted by molar-refractivity contribution is -0.146. The van der Waals surface area contributed by atoms with E-state index in [9.17, 15) is 17.6 Å². The number of alkyl halides is 3.